The van der Waals surface area contributed by atoms with Crippen molar-refractivity contribution in [2.45, 2.75) is 199 Å². The van der Waals surface area contributed by atoms with E-state index in [2.05, 4.69) is 81.5 Å². The zero-order valence-corrected chi connectivity index (χ0v) is 31.5. The van der Waals surface area contributed by atoms with Gasteiger partial charge in [0.15, 0.2) is 5.79 Å². The van der Waals surface area contributed by atoms with Crippen molar-refractivity contribution in [1.29, 1.82) is 0 Å². The van der Waals surface area contributed by atoms with Gasteiger partial charge in [-0.2, -0.15) is 0 Å². The fraction of sp³-hybridized carbons (Fsp3) is 0.814. The second kappa shape index (κ2) is 32.4. The average molecular weight is 642 g/mol. The Morgan fingerprint density at radius 2 is 0.913 bits per heavy atom. The van der Waals surface area contributed by atoms with Crippen LogP contribution < -0.4 is 0 Å². The molecule has 1 aliphatic rings. The van der Waals surface area contributed by atoms with E-state index in [1.54, 1.807) is 0 Å². The Hall–Kier alpha value is -1.16. The Kier molecular flexibility index (Phi) is 30.2. The van der Waals surface area contributed by atoms with Crippen LogP contribution in [0.2, 0.25) is 0 Å². The maximum atomic E-state index is 6.67. The van der Waals surface area contributed by atoms with Crippen LogP contribution in [0.5, 0.6) is 0 Å². The van der Waals surface area contributed by atoms with Crippen LogP contribution in [0.1, 0.15) is 187 Å². The lowest BCUT2D eigenvalue weighted by molar-refractivity contribution is -0.180. The van der Waals surface area contributed by atoms with Gasteiger partial charge in [0.2, 0.25) is 0 Å². The molecule has 0 aromatic carbocycles. The minimum absolute atomic E-state index is 0.261. The molecule has 268 valence electrons. The molecule has 1 rings (SSSR count). The number of hydrogen-bond donors (Lipinski definition) is 0. The second-order valence-electron chi connectivity index (χ2n) is 14.2. The Morgan fingerprint density at radius 3 is 1.33 bits per heavy atom. The summed E-state index contributed by atoms with van der Waals surface area (Å²) in [7, 11) is 4.30. The standard InChI is InChI=1S/C43H79NO2/c1-5-7-9-11-13-15-17-19-21-23-25-27-29-31-33-35-38-43(45-41-42(46-43)37-40-44(3)4)39-36-34-32-30-28-26-24-22-20-18-16-14-12-10-8-6-2/h13-16,19-22,42H,5-12,17-18,23-41H2,1-4H3/b15-13-,16-14-,21-19-,22-20-/t42-/m0/s1. The van der Waals surface area contributed by atoms with E-state index in [4.69, 9.17) is 9.47 Å². The first-order valence-electron chi connectivity index (χ1n) is 20.2. The number of allylic oxidation sites excluding steroid dienone is 8. The normalized spacial score (nSPS) is 16.9. The number of rotatable bonds is 33. The summed E-state index contributed by atoms with van der Waals surface area (Å²) in [5, 5.41) is 0. The van der Waals surface area contributed by atoms with Crippen molar-refractivity contribution in [2.24, 2.45) is 0 Å². The van der Waals surface area contributed by atoms with E-state index in [0.717, 1.165) is 45.3 Å². The summed E-state index contributed by atoms with van der Waals surface area (Å²) >= 11 is 0. The Morgan fingerprint density at radius 1 is 0.522 bits per heavy atom. The van der Waals surface area contributed by atoms with Crippen molar-refractivity contribution in [2.75, 3.05) is 27.2 Å². The molecule has 0 aromatic rings. The van der Waals surface area contributed by atoms with Crippen molar-refractivity contribution in [3.63, 3.8) is 0 Å². The van der Waals surface area contributed by atoms with Gasteiger partial charge in [-0.15, -0.1) is 0 Å². The van der Waals surface area contributed by atoms with Gasteiger partial charge in [0.05, 0.1) is 12.7 Å². The van der Waals surface area contributed by atoms with Crippen LogP contribution >= 0.6 is 0 Å². The summed E-state index contributed by atoms with van der Waals surface area (Å²) in [5.74, 6) is -0.318. The van der Waals surface area contributed by atoms with Crippen molar-refractivity contribution < 1.29 is 9.47 Å². The molecule has 3 nitrogen and oxygen atoms in total. The second-order valence-corrected chi connectivity index (χ2v) is 14.2. The fourth-order valence-electron chi connectivity index (χ4n) is 6.31. The van der Waals surface area contributed by atoms with Crippen molar-refractivity contribution in [3.05, 3.63) is 48.6 Å². The number of unbranched alkanes of at least 4 members (excludes halogenated alkanes) is 18. The monoisotopic (exact) mass is 642 g/mol. The lowest BCUT2D eigenvalue weighted by Crippen LogP contribution is -2.31. The van der Waals surface area contributed by atoms with Crippen molar-refractivity contribution >= 4 is 0 Å². The lowest BCUT2D eigenvalue weighted by Gasteiger charge is -2.29. The predicted molar refractivity (Wildman–Crippen MR) is 205 cm³/mol. The van der Waals surface area contributed by atoms with Crippen LogP contribution in [-0.4, -0.2) is 44.0 Å². The molecule has 0 N–H and O–H groups in total. The van der Waals surface area contributed by atoms with Gasteiger partial charge in [-0.05, 0) is 97.6 Å². The SMILES string of the molecule is CCCCC/C=C\C/C=C\CCCCCCCCC1(CCCCCCCC/C=C\C/C=C\CCCCC)OC[C@H](CCN(C)C)O1. The highest BCUT2D eigenvalue weighted by molar-refractivity contribution is 4.93. The molecule has 0 radical (unpaired) electrons. The van der Waals surface area contributed by atoms with Crippen LogP contribution in [0.15, 0.2) is 48.6 Å². The van der Waals surface area contributed by atoms with Crippen LogP contribution in [0.3, 0.4) is 0 Å². The largest absolute Gasteiger partial charge is 0.347 e. The smallest absolute Gasteiger partial charge is 0.168 e. The van der Waals surface area contributed by atoms with Gasteiger partial charge in [-0.1, -0.05) is 140 Å². The summed E-state index contributed by atoms with van der Waals surface area (Å²) in [6.07, 6.45) is 53.3. The van der Waals surface area contributed by atoms with E-state index in [9.17, 15) is 0 Å². The average Bonchev–Trinajstić information content (AvgIpc) is 3.46. The van der Waals surface area contributed by atoms with Gasteiger partial charge in [-0.25, -0.2) is 0 Å². The molecule has 3 heteroatoms. The maximum absolute atomic E-state index is 6.67. The van der Waals surface area contributed by atoms with E-state index in [0.29, 0.717) is 0 Å². The van der Waals surface area contributed by atoms with Crippen LogP contribution in [-0.2, 0) is 9.47 Å². The molecule has 0 aliphatic carbocycles. The summed E-state index contributed by atoms with van der Waals surface area (Å²) in [5.41, 5.74) is 0. The highest BCUT2D eigenvalue weighted by Crippen LogP contribution is 2.35. The minimum atomic E-state index is -0.318. The molecule has 0 aromatic heterocycles. The highest BCUT2D eigenvalue weighted by atomic mass is 16.7. The molecule has 46 heavy (non-hydrogen) atoms. The summed E-state index contributed by atoms with van der Waals surface area (Å²) in [6, 6.07) is 0. The van der Waals surface area contributed by atoms with E-state index < -0.39 is 0 Å². The van der Waals surface area contributed by atoms with Gasteiger partial charge >= 0.3 is 0 Å². The maximum Gasteiger partial charge on any atom is 0.168 e. The van der Waals surface area contributed by atoms with E-state index in [1.807, 2.05) is 0 Å². The first-order chi connectivity index (χ1) is 22.6. The van der Waals surface area contributed by atoms with Crippen LogP contribution in [0.25, 0.3) is 0 Å². The quantitative estimate of drug-likeness (QED) is 0.0526. The molecule has 0 amide bonds. The van der Waals surface area contributed by atoms with Crippen LogP contribution in [0, 0.1) is 0 Å². The lowest BCUT2D eigenvalue weighted by atomic mass is 9.98. The van der Waals surface area contributed by atoms with Gasteiger partial charge in [0.1, 0.15) is 0 Å². The third-order valence-electron chi connectivity index (χ3n) is 9.33. The van der Waals surface area contributed by atoms with Crippen molar-refractivity contribution in [3.8, 4) is 0 Å². The highest BCUT2D eigenvalue weighted by Gasteiger charge is 2.40. The first kappa shape index (κ1) is 42.9. The molecule has 1 atom stereocenters. The minimum Gasteiger partial charge on any atom is -0.347 e. The Bertz CT molecular complexity index is 704. The van der Waals surface area contributed by atoms with E-state index in [-0.39, 0.29) is 11.9 Å². The Labute approximate surface area is 288 Å². The van der Waals surface area contributed by atoms with Crippen molar-refractivity contribution in [1.82, 2.24) is 4.90 Å². The van der Waals surface area contributed by atoms with E-state index >= 15 is 0 Å². The summed E-state index contributed by atoms with van der Waals surface area (Å²) in [6.45, 7) is 6.38. The molecule has 0 bridgehead atoms. The topological polar surface area (TPSA) is 21.7 Å². The molecular formula is C43H79NO2. The zero-order chi connectivity index (χ0) is 33.2. The van der Waals surface area contributed by atoms with Gasteiger partial charge in [-0.3, -0.25) is 0 Å². The molecule has 1 heterocycles. The summed E-state index contributed by atoms with van der Waals surface area (Å²) < 4.78 is 13.1. The van der Waals surface area contributed by atoms with Gasteiger partial charge in [0.25, 0.3) is 0 Å². The molecule has 1 fully saturated rings. The Balaban J connectivity index is 2.16. The number of nitrogens with zero attached hydrogens (tertiary/aromatic N) is 1. The molecular weight excluding hydrogens is 562 g/mol. The molecule has 0 spiro atoms. The summed E-state index contributed by atoms with van der Waals surface area (Å²) in [4.78, 5) is 2.26. The molecule has 0 unspecified atom stereocenters. The van der Waals surface area contributed by atoms with Gasteiger partial charge in [0, 0.05) is 19.4 Å². The first-order valence-corrected chi connectivity index (χ1v) is 20.2. The predicted octanol–water partition coefficient (Wildman–Crippen LogP) is 13.5. The number of hydrogen-bond acceptors (Lipinski definition) is 3. The van der Waals surface area contributed by atoms with E-state index in [1.165, 1.54) is 141 Å². The molecule has 0 saturated carbocycles. The number of ether oxygens (including phenoxy) is 2. The van der Waals surface area contributed by atoms with Gasteiger partial charge < -0.3 is 14.4 Å². The zero-order valence-electron chi connectivity index (χ0n) is 31.5. The third kappa shape index (κ3) is 26.9. The van der Waals surface area contributed by atoms with Crippen LogP contribution in [0.4, 0.5) is 0 Å². The molecule has 1 aliphatic heterocycles. The molecule has 1 saturated heterocycles. The third-order valence-corrected chi connectivity index (χ3v) is 9.33. The fourth-order valence-corrected chi connectivity index (χ4v) is 6.31.